The molecule has 6 heteroatoms. The number of thiophene rings is 1. The van der Waals surface area contributed by atoms with E-state index in [1.165, 1.54) is 0 Å². The molecule has 0 saturated carbocycles. The van der Waals surface area contributed by atoms with E-state index in [0.29, 0.717) is 23.6 Å². The van der Waals surface area contributed by atoms with Crippen LogP contribution in [0.15, 0.2) is 52.9 Å². The molecule has 0 aliphatic heterocycles. The first kappa shape index (κ1) is 21.3. The number of hydrogen-bond donors (Lipinski definition) is 1. The molecule has 4 nitrogen and oxygen atoms in total. The zero-order valence-corrected chi connectivity index (χ0v) is 18.3. The predicted octanol–water partition coefficient (Wildman–Crippen LogP) is 6.09. The number of aryl methyl sites for hydroxylation is 1. The minimum atomic E-state index is -0.894. The second kappa shape index (κ2) is 9.90. The summed E-state index contributed by atoms with van der Waals surface area (Å²) in [6, 6.07) is 9.71. The summed E-state index contributed by atoms with van der Waals surface area (Å²) in [4.78, 5) is 16.7. The predicted molar refractivity (Wildman–Crippen MR) is 120 cm³/mol. The standard InChI is InChI=1S/C23H25ClN2O2S/c1-3-4-9-22-25-13-21(26(22)14-18-7-5-6-8-20(18)24)16(2)19(23(27)28)12-17-10-11-29-15-17/h5-8,10-11,13,15H,3-4,9,12,14H2,1-2H3,(H,27,28)/b19-16-. The summed E-state index contributed by atoms with van der Waals surface area (Å²) in [5.74, 6) is 0.0655. The number of nitrogens with zero attached hydrogens (tertiary/aromatic N) is 2. The maximum atomic E-state index is 12.0. The number of carboxylic acid groups (broad SMARTS) is 1. The summed E-state index contributed by atoms with van der Waals surface area (Å²) >= 11 is 7.97. The van der Waals surface area contributed by atoms with E-state index < -0.39 is 5.97 Å². The van der Waals surface area contributed by atoms with Gasteiger partial charge in [-0.15, -0.1) is 0 Å². The van der Waals surface area contributed by atoms with Crippen LogP contribution in [0.2, 0.25) is 5.02 Å². The van der Waals surface area contributed by atoms with Gasteiger partial charge in [-0.2, -0.15) is 11.3 Å². The lowest BCUT2D eigenvalue weighted by Crippen LogP contribution is -2.12. The largest absolute Gasteiger partial charge is 0.478 e. The van der Waals surface area contributed by atoms with Gasteiger partial charge in [-0.05, 0) is 52.9 Å². The van der Waals surface area contributed by atoms with Crippen LogP contribution in [0.25, 0.3) is 5.57 Å². The van der Waals surface area contributed by atoms with Crippen molar-refractivity contribution < 1.29 is 9.90 Å². The molecule has 0 spiro atoms. The van der Waals surface area contributed by atoms with Gasteiger partial charge in [-0.25, -0.2) is 9.78 Å². The highest BCUT2D eigenvalue weighted by Gasteiger charge is 2.19. The lowest BCUT2D eigenvalue weighted by molar-refractivity contribution is -0.132. The maximum absolute atomic E-state index is 12.0. The maximum Gasteiger partial charge on any atom is 0.332 e. The Labute approximate surface area is 180 Å². The minimum absolute atomic E-state index is 0.394. The molecular formula is C23H25ClN2O2S. The molecule has 0 aliphatic rings. The third-order valence-corrected chi connectivity index (χ3v) is 6.14. The van der Waals surface area contributed by atoms with E-state index in [1.54, 1.807) is 17.5 Å². The number of halogens is 1. The van der Waals surface area contributed by atoms with E-state index in [1.807, 2.05) is 48.0 Å². The van der Waals surface area contributed by atoms with Gasteiger partial charge in [0.05, 0.1) is 18.4 Å². The van der Waals surface area contributed by atoms with Gasteiger partial charge in [0.2, 0.25) is 0 Å². The van der Waals surface area contributed by atoms with Gasteiger partial charge in [-0.3, -0.25) is 0 Å². The highest BCUT2D eigenvalue weighted by atomic mass is 35.5. The second-order valence-electron chi connectivity index (χ2n) is 7.06. The number of imidazole rings is 1. The summed E-state index contributed by atoms with van der Waals surface area (Å²) in [6.07, 6.45) is 5.14. The molecule has 0 saturated heterocycles. The normalized spacial score (nSPS) is 12.1. The van der Waals surface area contributed by atoms with Crippen molar-refractivity contribution in [3.63, 3.8) is 0 Å². The van der Waals surface area contributed by atoms with Crippen molar-refractivity contribution >= 4 is 34.5 Å². The van der Waals surface area contributed by atoms with Crippen molar-refractivity contribution in [3.05, 3.63) is 80.5 Å². The molecule has 0 atom stereocenters. The van der Waals surface area contributed by atoms with Crippen LogP contribution in [-0.4, -0.2) is 20.6 Å². The van der Waals surface area contributed by atoms with Crippen molar-refractivity contribution in [1.29, 1.82) is 0 Å². The molecule has 1 aromatic carbocycles. The zero-order chi connectivity index (χ0) is 20.8. The number of unbranched alkanes of at least 4 members (excludes halogenated alkanes) is 1. The van der Waals surface area contributed by atoms with Crippen LogP contribution < -0.4 is 0 Å². The van der Waals surface area contributed by atoms with Crippen LogP contribution in [0.5, 0.6) is 0 Å². The lowest BCUT2D eigenvalue weighted by atomic mass is 10.0. The monoisotopic (exact) mass is 428 g/mol. The quantitative estimate of drug-likeness (QED) is 0.419. The molecule has 0 amide bonds. The Morgan fingerprint density at radius 1 is 1.28 bits per heavy atom. The zero-order valence-electron chi connectivity index (χ0n) is 16.7. The Morgan fingerprint density at radius 2 is 2.07 bits per heavy atom. The summed E-state index contributed by atoms with van der Waals surface area (Å²) in [7, 11) is 0. The van der Waals surface area contributed by atoms with Gasteiger partial charge >= 0.3 is 5.97 Å². The average molecular weight is 429 g/mol. The highest BCUT2D eigenvalue weighted by molar-refractivity contribution is 7.07. The van der Waals surface area contributed by atoms with Gasteiger partial charge in [0, 0.05) is 23.4 Å². The number of benzene rings is 1. The molecule has 29 heavy (non-hydrogen) atoms. The minimum Gasteiger partial charge on any atom is -0.478 e. The van der Waals surface area contributed by atoms with Gasteiger partial charge in [0.25, 0.3) is 0 Å². The third-order valence-electron chi connectivity index (χ3n) is 5.03. The Kier molecular flexibility index (Phi) is 7.29. The molecule has 3 aromatic rings. The Morgan fingerprint density at radius 3 is 2.72 bits per heavy atom. The van der Waals surface area contributed by atoms with Crippen LogP contribution in [0, 0.1) is 0 Å². The fourth-order valence-corrected chi connectivity index (χ4v) is 4.21. The van der Waals surface area contributed by atoms with E-state index in [-0.39, 0.29) is 0 Å². The Bertz CT molecular complexity index is 1010. The van der Waals surface area contributed by atoms with Crippen LogP contribution in [0.3, 0.4) is 0 Å². The Hall–Kier alpha value is -2.37. The molecule has 3 rings (SSSR count). The summed E-state index contributed by atoms with van der Waals surface area (Å²) in [6.45, 7) is 4.59. The highest BCUT2D eigenvalue weighted by Crippen LogP contribution is 2.26. The van der Waals surface area contributed by atoms with E-state index >= 15 is 0 Å². The second-order valence-corrected chi connectivity index (χ2v) is 8.25. The Balaban J connectivity index is 2.05. The fourth-order valence-electron chi connectivity index (χ4n) is 3.34. The molecular weight excluding hydrogens is 404 g/mol. The van der Waals surface area contributed by atoms with Crippen LogP contribution in [-0.2, 0) is 24.2 Å². The summed E-state index contributed by atoms with van der Waals surface area (Å²) in [5, 5.41) is 14.5. The van der Waals surface area contributed by atoms with Crippen molar-refractivity contribution in [1.82, 2.24) is 9.55 Å². The topological polar surface area (TPSA) is 55.1 Å². The van der Waals surface area contributed by atoms with Crippen molar-refractivity contribution in [2.45, 2.75) is 46.1 Å². The number of rotatable bonds is 9. The molecule has 0 radical (unpaired) electrons. The summed E-state index contributed by atoms with van der Waals surface area (Å²) < 4.78 is 2.11. The van der Waals surface area contributed by atoms with Crippen LogP contribution in [0.1, 0.15) is 49.3 Å². The number of aliphatic carboxylic acids is 1. The number of allylic oxidation sites excluding steroid dienone is 1. The molecule has 152 valence electrons. The first-order valence-corrected chi connectivity index (χ1v) is 11.1. The van der Waals surface area contributed by atoms with Gasteiger partial charge in [0.1, 0.15) is 5.82 Å². The van der Waals surface area contributed by atoms with E-state index in [0.717, 1.165) is 47.5 Å². The molecule has 0 unspecified atom stereocenters. The number of aromatic nitrogens is 2. The molecule has 0 aliphatic carbocycles. The first-order valence-electron chi connectivity index (χ1n) is 9.73. The van der Waals surface area contributed by atoms with Crippen molar-refractivity contribution in [3.8, 4) is 0 Å². The molecule has 2 aromatic heterocycles. The molecule has 0 fully saturated rings. The van der Waals surface area contributed by atoms with Crippen molar-refractivity contribution in [2.24, 2.45) is 0 Å². The van der Waals surface area contributed by atoms with Crippen LogP contribution in [0.4, 0.5) is 0 Å². The number of carboxylic acids is 1. The molecule has 0 bridgehead atoms. The van der Waals surface area contributed by atoms with Gasteiger partial charge < -0.3 is 9.67 Å². The molecule has 1 N–H and O–H groups in total. The average Bonchev–Trinajstić information content (AvgIpc) is 3.35. The van der Waals surface area contributed by atoms with E-state index in [2.05, 4.69) is 16.5 Å². The first-order chi connectivity index (χ1) is 14.0. The van der Waals surface area contributed by atoms with Gasteiger partial charge in [0.15, 0.2) is 0 Å². The van der Waals surface area contributed by atoms with Crippen LogP contribution >= 0.6 is 22.9 Å². The smallest absolute Gasteiger partial charge is 0.332 e. The number of carbonyl (C=O) groups is 1. The van der Waals surface area contributed by atoms with E-state index in [4.69, 9.17) is 11.6 Å². The van der Waals surface area contributed by atoms with E-state index in [9.17, 15) is 9.90 Å². The third kappa shape index (κ3) is 5.17. The molecule has 2 heterocycles. The lowest BCUT2D eigenvalue weighted by Gasteiger charge is -2.15. The summed E-state index contributed by atoms with van der Waals surface area (Å²) in [5.41, 5.74) is 3.98. The number of hydrogen-bond acceptors (Lipinski definition) is 3. The SMILES string of the molecule is CCCCc1ncc(/C(C)=C(/Cc2ccsc2)C(=O)O)n1Cc1ccccc1Cl. The van der Waals surface area contributed by atoms with Crippen molar-refractivity contribution in [2.75, 3.05) is 0 Å². The van der Waals surface area contributed by atoms with Gasteiger partial charge in [-0.1, -0.05) is 43.1 Å². The fraction of sp³-hybridized carbons (Fsp3) is 0.304.